The molecule has 0 saturated carbocycles. The number of benzene rings is 2. The zero-order valence-electron chi connectivity index (χ0n) is 14.6. The first kappa shape index (κ1) is 18.1. The van der Waals surface area contributed by atoms with Crippen molar-refractivity contribution < 1.29 is 14.5 Å². The Bertz CT molecular complexity index is 974. The van der Waals surface area contributed by atoms with Gasteiger partial charge in [0.15, 0.2) is 0 Å². The van der Waals surface area contributed by atoms with E-state index in [2.05, 4.69) is 10.3 Å². The molecular weight excluding hydrogens is 346 g/mol. The van der Waals surface area contributed by atoms with Crippen LogP contribution in [0.4, 0.5) is 5.69 Å². The fraction of sp³-hybridized carbons (Fsp3) is 0.100. The van der Waals surface area contributed by atoms with Crippen LogP contribution in [-0.2, 0) is 6.54 Å². The lowest BCUT2D eigenvalue weighted by Crippen LogP contribution is -2.22. The van der Waals surface area contributed by atoms with E-state index >= 15 is 0 Å². The highest BCUT2D eigenvalue weighted by molar-refractivity contribution is 5.94. The second-order valence-electron chi connectivity index (χ2n) is 5.87. The van der Waals surface area contributed by atoms with Gasteiger partial charge in [0.2, 0.25) is 5.88 Å². The van der Waals surface area contributed by atoms with Crippen molar-refractivity contribution in [3.63, 3.8) is 0 Å². The van der Waals surface area contributed by atoms with Crippen LogP contribution in [0.15, 0.2) is 66.9 Å². The highest BCUT2D eigenvalue weighted by Gasteiger charge is 2.12. The summed E-state index contributed by atoms with van der Waals surface area (Å²) in [5.41, 5.74) is 1.88. The molecule has 0 unspecified atom stereocenters. The van der Waals surface area contributed by atoms with E-state index in [4.69, 9.17) is 4.74 Å². The summed E-state index contributed by atoms with van der Waals surface area (Å²) in [6.07, 6.45) is 1.14. The van der Waals surface area contributed by atoms with Crippen molar-refractivity contribution in [1.82, 2.24) is 10.3 Å². The van der Waals surface area contributed by atoms with E-state index in [0.717, 1.165) is 11.8 Å². The van der Waals surface area contributed by atoms with E-state index in [0.29, 0.717) is 23.4 Å². The predicted molar refractivity (Wildman–Crippen MR) is 99.8 cm³/mol. The number of nitrogens with one attached hydrogen (secondary N) is 1. The summed E-state index contributed by atoms with van der Waals surface area (Å²) in [7, 11) is 0. The number of hydrogen-bond acceptors (Lipinski definition) is 5. The Morgan fingerprint density at radius 1 is 1.15 bits per heavy atom. The van der Waals surface area contributed by atoms with Crippen LogP contribution in [0.2, 0.25) is 0 Å². The van der Waals surface area contributed by atoms with E-state index in [1.807, 2.05) is 30.3 Å². The normalized spacial score (nSPS) is 10.3. The van der Waals surface area contributed by atoms with Gasteiger partial charge in [0.25, 0.3) is 11.6 Å². The number of pyridine rings is 1. The van der Waals surface area contributed by atoms with Crippen molar-refractivity contribution in [2.45, 2.75) is 13.5 Å². The van der Waals surface area contributed by atoms with Gasteiger partial charge in [0.05, 0.1) is 4.92 Å². The molecule has 7 heteroatoms. The molecule has 0 fully saturated rings. The minimum absolute atomic E-state index is 0.103. The lowest BCUT2D eigenvalue weighted by molar-refractivity contribution is -0.385. The van der Waals surface area contributed by atoms with Gasteiger partial charge in [-0.05, 0) is 30.7 Å². The Morgan fingerprint density at radius 3 is 2.63 bits per heavy atom. The molecule has 0 aliphatic heterocycles. The molecular formula is C20H17N3O4. The van der Waals surface area contributed by atoms with Gasteiger partial charge in [0, 0.05) is 23.7 Å². The number of amides is 1. The average molecular weight is 363 g/mol. The molecule has 27 heavy (non-hydrogen) atoms. The number of aryl methyl sites for hydroxylation is 1. The lowest BCUT2D eigenvalue weighted by Gasteiger charge is -2.09. The summed E-state index contributed by atoms with van der Waals surface area (Å²) in [6, 6.07) is 17.7. The summed E-state index contributed by atoms with van der Waals surface area (Å²) in [5.74, 6) is 0.451. The number of rotatable bonds is 6. The third-order valence-electron chi connectivity index (χ3n) is 3.83. The maximum atomic E-state index is 12.4. The van der Waals surface area contributed by atoms with Crippen molar-refractivity contribution in [3.8, 4) is 11.6 Å². The highest BCUT2D eigenvalue weighted by Crippen LogP contribution is 2.26. The van der Waals surface area contributed by atoms with Gasteiger partial charge in [0.1, 0.15) is 11.9 Å². The number of carbonyl (C=O) groups is 1. The molecule has 0 aliphatic carbocycles. The number of nitrogens with zero attached hydrogens (tertiary/aromatic N) is 2. The molecule has 1 aromatic heterocycles. The maximum Gasteiger partial charge on any atom is 0.288 e. The van der Waals surface area contributed by atoms with Crippen molar-refractivity contribution in [3.05, 3.63) is 93.7 Å². The summed E-state index contributed by atoms with van der Waals surface area (Å²) in [5, 5.41) is 13.6. The number of ether oxygens (including phenoxy) is 1. The van der Waals surface area contributed by atoms with Crippen LogP contribution < -0.4 is 10.1 Å². The number of carbonyl (C=O) groups excluding carboxylic acids is 1. The highest BCUT2D eigenvalue weighted by atomic mass is 16.6. The maximum absolute atomic E-state index is 12.4. The van der Waals surface area contributed by atoms with Crippen molar-refractivity contribution in [1.29, 1.82) is 0 Å². The largest absolute Gasteiger partial charge is 0.439 e. The molecule has 1 heterocycles. The van der Waals surface area contributed by atoms with Crippen LogP contribution in [-0.4, -0.2) is 15.8 Å². The molecule has 0 bridgehead atoms. The molecule has 1 N–H and O–H groups in total. The van der Waals surface area contributed by atoms with E-state index < -0.39 is 4.92 Å². The fourth-order valence-corrected chi connectivity index (χ4v) is 2.45. The van der Waals surface area contributed by atoms with Crippen molar-refractivity contribution >= 4 is 11.6 Å². The molecule has 0 aliphatic rings. The standard InChI is InChI=1S/C20H17N3O4/c1-14-10-17(23(25)26)13-22-20(14)27-18-9-5-8-16(11-18)19(24)21-12-15-6-3-2-4-7-15/h2-11,13H,12H2,1H3,(H,21,24). The first-order valence-corrected chi connectivity index (χ1v) is 8.24. The van der Waals surface area contributed by atoms with Gasteiger partial charge in [-0.15, -0.1) is 0 Å². The minimum Gasteiger partial charge on any atom is -0.439 e. The van der Waals surface area contributed by atoms with Gasteiger partial charge < -0.3 is 10.1 Å². The molecule has 1 amide bonds. The van der Waals surface area contributed by atoms with Gasteiger partial charge in [-0.2, -0.15) is 0 Å². The van der Waals surface area contributed by atoms with Crippen LogP contribution >= 0.6 is 0 Å². The zero-order chi connectivity index (χ0) is 19.2. The van der Waals surface area contributed by atoms with Gasteiger partial charge in [-0.25, -0.2) is 4.98 Å². The third-order valence-corrected chi connectivity index (χ3v) is 3.83. The van der Waals surface area contributed by atoms with Crippen LogP contribution in [0.1, 0.15) is 21.5 Å². The molecule has 2 aromatic carbocycles. The van der Waals surface area contributed by atoms with E-state index in [-0.39, 0.29) is 17.5 Å². The Hall–Kier alpha value is -3.74. The van der Waals surface area contributed by atoms with Gasteiger partial charge in [-0.1, -0.05) is 36.4 Å². The van der Waals surface area contributed by atoms with E-state index in [9.17, 15) is 14.9 Å². The summed E-state index contributed by atoms with van der Waals surface area (Å²) in [6.45, 7) is 2.10. The van der Waals surface area contributed by atoms with Crippen molar-refractivity contribution in [2.24, 2.45) is 0 Å². The molecule has 7 nitrogen and oxygen atoms in total. The van der Waals surface area contributed by atoms with Crippen LogP contribution in [0, 0.1) is 17.0 Å². The number of nitro groups is 1. The predicted octanol–water partition coefficient (Wildman–Crippen LogP) is 4.02. The SMILES string of the molecule is Cc1cc([N+](=O)[O-])cnc1Oc1cccc(C(=O)NCc2ccccc2)c1. The summed E-state index contributed by atoms with van der Waals surface area (Å²) >= 11 is 0. The first-order chi connectivity index (χ1) is 13.0. The molecule has 3 aromatic rings. The summed E-state index contributed by atoms with van der Waals surface area (Å²) < 4.78 is 5.68. The smallest absolute Gasteiger partial charge is 0.288 e. The lowest BCUT2D eigenvalue weighted by atomic mass is 10.2. The van der Waals surface area contributed by atoms with Gasteiger partial charge in [-0.3, -0.25) is 14.9 Å². The van der Waals surface area contributed by atoms with Crippen LogP contribution in [0.5, 0.6) is 11.6 Å². The summed E-state index contributed by atoms with van der Waals surface area (Å²) in [4.78, 5) is 26.6. The topological polar surface area (TPSA) is 94.4 Å². The monoisotopic (exact) mass is 363 g/mol. The van der Waals surface area contributed by atoms with Crippen LogP contribution in [0.3, 0.4) is 0 Å². The van der Waals surface area contributed by atoms with Crippen LogP contribution in [0.25, 0.3) is 0 Å². The molecule has 0 atom stereocenters. The Balaban J connectivity index is 1.70. The quantitative estimate of drug-likeness (QED) is 0.527. The van der Waals surface area contributed by atoms with Gasteiger partial charge >= 0.3 is 0 Å². The zero-order valence-corrected chi connectivity index (χ0v) is 14.6. The second kappa shape index (κ2) is 8.09. The Labute approximate surface area is 155 Å². The third kappa shape index (κ3) is 4.66. The second-order valence-corrected chi connectivity index (χ2v) is 5.87. The van der Waals surface area contributed by atoms with E-state index in [1.165, 1.54) is 6.07 Å². The fourth-order valence-electron chi connectivity index (χ4n) is 2.45. The van der Waals surface area contributed by atoms with Crippen molar-refractivity contribution in [2.75, 3.05) is 0 Å². The molecule has 3 rings (SSSR count). The number of aromatic nitrogens is 1. The Kier molecular flexibility index (Phi) is 5.41. The molecule has 0 spiro atoms. The number of hydrogen-bond donors (Lipinski definition) is 1. The van der Waals surface area contributed by atoms with E-state index in [1.54, 1.807) is 31.2 Å². The molecule has 0 radical (unpaired) electrons. The average Bonchev–Trinajstić information content (AvgIpc) is 2.68. The molecule has 0 saturated heterocycles. The minimum atomic E-state index is -0.512. The Morgan fingerprint density at radius 2 is 1.93 bits per heavy atom. The first-order valence-electron chi connectivity index (χ1n) is 8.24. The molecule has 136 valence electrons.